The highest BCUT2D eigenvalue weighted by Gasteiger charge is 2.22. The van der Waals surface area contributed by atoms with Crippen molar-refractivity contribution in [2.75, 3.05) is 7.11 Å². The molecule has 0 fully saturated rings. The van der Waals surface area contributed by atoms with Crippen molar-refractivity contribution in [3.8, 4) is 11.5 Å². The highest BCUT2D eigenvalue weighted by molar-refractivity contribution is 5.73. The van der Waals surface area contributed by atoms with E-state index in [1.165, 1.54) is 5.56 Å². The van der Waals surface area contributed by atoms with Gasteiger partial charge in [0.25, 0.3) is 0 Å². The maximum Gasteiger partial charge on any atom is 0.345 e. The Balaban J connectivity index is 2.19. The Morgan fingerprint density at radius 2 is 1.76 bits per heavy atom. The van der Waals surface area contributed by atoms with E-state index in [9.17, 15) is 9.90 Å². The lowest BCUT2D eigenvalue weighted by atomic mass is 9.87. The van der Waals surface area contributed by atoms with Crippen molar-refractivity contribution < 1.29 is 19.4 Å². The molecule has 0 heterocycles. The van der Waals surface area contributed by atoms with Gasteiger partial charge in [0.15, 0.2) is 6.10 Å². The van der Waals surface area contributed by atoms with E-state index in [0.717, 1.165) is 11.1 Å². The molecule has 0 unspecified atom stereocenters. The summed E-state index contributed by atoms with van der Waals surface area (Å²) in [6.07, 6.45) is -0.738. The number of ether oxygens (including phenoxy) is 2. The van der Waals surface area contributed by atoms with E-state index in [0.29, 0.717) is 11.5 Å². The van der Waals surface area contributed by atoms with Gasteiger partial charge in [-0.3, -0.25) is 0 Å². The van der Waals surface area contributed by atoms with Gasteiger partial charge in [0.2, 0.25) is 0 Å². The summed E-state index contributed by atoms with van der Waals surface area (Å²) >= 11 is 0. The van der Waals surface area contributed by atoms with E-state index in [-0.39, 0.29) is 11.8 Å². The molecule has 0 spiro atoms. The fourth-order valence-electron chi connectivity index (χ4n) is 2.64. The standard InChI is InChI=1S/C21H26O4/c1-14-6-11-18(24-5)15(12-14)13-19(20(22)23)25-17-9-7-16(8-10-17)21(2,3)4/h6-12,19H,13H2,1-5H3,(H,22,23)/t19-/m1/s1. The zero-order valence-electron chi connectivity index (χ0n) is 15.5. The zero-order chi connectivity index (χ0) is 18.6. The van der Waals surface area contributed by atoms with E-state index in [1.807, 2.05) is 49.4 Å². The Bertz CT molecular complexity index is 727. The van der Waals surface area contributed by atoms with Crippen LogP contribution < -0.4 is 9.47 Å². The summed E-state index contributed by atoms with van der Waals surface area (Å²) < 4.78 is 11.1. The Morgan fingerprint density at radius 3 is 2.28 bits per heavy atom. The first-order chi connectivity index (χ1) is 11.7. The molecular formula is C21H26O4. The Labute approximate surface area is 149 Å². The number of hydrogen-bond acceptors (Lipinski definition) is 3. The quantitative estimate of drug-likeness (QED) is 0.846. The topological polar surface area (TPSA) is 55.8 Å². The molecule has 0 aromatic heterocycles. The number of methoxy groups -OCH3 is 1. The number of aryl methyl sites for hydroxylation is 1. The summed E-state index contributed by atoms with van der Waals surface area (Å²) in [4.78, 5) is 11.7. The third-order valence-corrected chi connectivity index (χ3v) is 4.12. The largest absolute Gasteiger partial charge is 0.496 e. The van der Waals surface area contributed by atoms with E-state index in [1.54, 1.807) is 7.11 Å². The van der Waals surface area contributed by atoms with Gasteiger partial charge < -0.3 is 14.6 Å². The minimum absolute atomic E-state index is 0.0413. The molecule has 0 saturated carbocycles. The van der Waals surface area contributed by atoms with E-state index in [4.69, 9.17) is 9.47 Å². The second-order valence-electron chi connectivity index (χ2n) is 7.24. The Hall–Kier alpha value is -2.49. The van der Waals surface area contributed by atoms with Crippen molar-refractivity contribution in [3.05, 3.63) is 59.2 Å². The highest BCUT2D eigenvalue weighted by atomic mass is 16.5. The molecule has 0 aliphatic heterocycles. The first-order valence-electron chi connectivity index (χ1n) is 8.34. The average Bonchev–Trinajstić information content (AvgIpc) is 2.54. The van der Waals surface area contributed by atoms with Crippen LogP contribution in [0.15, 0.2) is 42.5 Å². The summed E-state index contributed by atoms with van der Waals surface area (Å²) in [5.41, 5.74) is 3.09. The van der Waals surface area contributed by atoms with Gasteiger partial charge in [-0.05, 0) is 41.7 Å². The van der Waals surface area contributed by atoms with Crippen molar-refractivity contribution in [2.24, 2.45) is 0 Å². The van der Waals surface area contributed by atoms with Gasteiger partial charge in [-0.1, -0.05) is 50.6 Å². The molecule has 0 amide bonds. The number of hydrogen-bond donors (Lipinski definition) is 1. The third kappa shape index (κ3) is 4.99. The molecule has 4 heteroatoms. The number of carboxylic acid groups (broad SMARTS) is 1. The van der Waals surface area contributed by atoms with Crippen LogP contribution in [0.2, 0.25) is 0 Å². The zero-order valence-corrected chi connectivity index (χ0v) is 15.5. The van der Waals surface area contributed by atoms with Crippen LogP contribution >= 0.6 is 0 Å². The van der Waals surface area contributed by atoms with Crippen LogP contribution in [0.3, 0.4) is 0 Å². The lowest BCUT2D eigenvalue weighted by molar-refractivity contribution is -0.145. The molecule has 0 aliphatic rings. The summed E-state index contributed by atoms with van der Waals surface area (Å²) in [6, 6.07) is 13.3. The molecule has 0 radical (unpaired) electrons. The van der Waals surface area contributed by atoms with E-state index < -0.39 is 12.1 Å². The van der Waals surface area contributed by atoms with Gasteiger partial charge in [-0.25, -0.2) is 4.79 Å². The molecule has 1 N–H and O–H groups in total. The van der Waals surface area contributed by atoms with Crippen LogP contribution in [0.4, 0.5) is 0 Å². The van der Waals surface area contributed by atoms with Gasteiger partial charge in [-0.15, -0.1) is 0 Å². The minimum Gasteiger partial charge on any atom is -0.496 e. The molecule has 25 heavy (non-hydrogen) atoms. The van der Waals surface area contributed by atoms with Gasteiger partial charge in [0.05, 0.1) is 7.11 Å². The first-order valence-corrected chi connectivity index (χ1v) is 8.34. The molecule has 4 nitrogen and oxygen atoms in total. The predicted molar refractivity (Wildman–Crippen MR) is 98.6 cm³/mol. The third-order valence-electron chi connectivity index (χ3n) is 4.12. The molecule has 2 rings (SSSR count). The molecule has 134 valence electrons. The first kappa shape index (κ1) is 18.8. The monoisotopic (exact) mass is 342 g/mol. The summed E-state index contributed by atoms with van der Waals surface area (Å²) in [7, 11) is 1.58. The fourth-order valence-corrected chi connectivity index (χ4v) is 2.64. The Morgan fingerprint density at radius 1 is 1.12 bits per heavy atom. The number of aliphatic carboxylic acids is 1. The van der Waals surface area contributed by atoms with Gasteiger partial charge >= 0.3 is 5.97 Å². The molecular weight excluding hydrogens is 316 g/mol. The van der Waals surface area contributed by atoms with Crippen LogP contribution in [0.25, 0.3) is 0 Å². The second kappa shape index (κ2) is 7.60. The maximum atomic E-state index is 11.7. The van der Waals surface area contributed by atoms with Crippen LogP contribution in [0.1, 0.15) is 37.5 Å². The smallest absolute Gasteiger partial charge is 0.345 e. The van der Waals surface area contributed by atoms with E-state index in [2.05, 4.69) is 20.8 Å². The van der Waals surface area contributed by atoms with E-state index >= 15 is 0 Å². The number of benzene rings is 2. The molecule has 0 aliphatic carbocycles. The van der Waals surface area contributed by atoms with Gasteiger partial charge in [-0.2, -0.15) is 0 Å². The minimum atomic E-state index is -0.997. The lowest BCUT2D eigenvalue weighted by Crippen LogP contribution is -2.29. The summed E-state index contributed by atoms with van der Waals surface area (Å²) in [5.74, 6) is 0.221. The van der Waals surface area contributed by atoms with Crippen molar-refractivity contribution in [1.29, 1.82) is 0 Å². The summed E-state index contributed by atoms with van der Waals surface area (Å²) in [6.45, 7) is 8.36. The lowest BCUT2D eigenvalue weighted by Gasteiger charge is -2.20. The summed E-state index contributed by atoms with van der Waals surface area (Å²) in [5, 5.41) is 9.55. The Kier molecular flexibility index (Phi) is 5.73. The highest BCUT2D eigenvalue weighted by Crippen LogP contribution is 2.26. The maximum absolute atomic E-state index is 11.7. The molecule has 2 aromatic rings. The van der Waals surface area contributed by atoms with Crippen LogP contribution in [-0.4, -0.2) is 24.3 Å². The average molecular weight is 342 g/mol. The predicted octanol–water partition coefficient (Wildman–Crippen LogP) is 4.38. The van der Waals surface area contributed by atoms with Crippen molar-refractivity contribution >= 4 is 5.97 Å². The number of carboxylic acids is 1. The van der Waals surface area contributed by atoms with Gasteiger partial charge in [0, 0.05) is 6.42 Å². The molecule has 0 bridgehead atoms. The molecule has 0 saturated heterocycles. The SMILES string of the molecule is COc1ccc(C)cc1C[C@@H](Oc1ccc(C(C)(C)C)cc1)C(=O)O. The van der Waals surface area contributed by atoms with Crippen LogP contribution in [0, 0.1) is 6.92 Å². The fraction of sp³-hybridized carbons (Fsp3) is 0.381. The molecule has 2 aromatic carbocycles. The van der Waals surface area contributed by atoms with Crippen molar-refractivity contribution in [3.63, 3.8) is 0 Å². The van der Waals surface area contributed by atoms with Crippen LogP contribution in [-0.2, 0) is 16.6 Å². The number of carbonyl (C=O) groups is 1. The normalized spacial score (nSPS) is 12.5. The molecule has 1 atom stereocenters. The van der Waals surface area contributed by atoms with Gasteiger partial charge in [0.1, 0.15) is 11.5 Å². The van der Waals surface area contributed by atoms with Crippen molar-refractivity contribution in [1.82, 2.24) is 0 Å². The van der Waals surface area contributed by atoms with Crippen molar-refractivity contribution in [2.45, 2.75) is 45.6 Å². The second-order valence-corrected chi connectivity index (χ2v) is 7.24. The number of rotatable bonds is 6. The van der Waals surface area contributed by atoms with Crippen LogP contribution in [0.5, 0.6) is 11.5 Å².